The summed E-state index contributed by atoms with van der Waals surface area (Å²) in [4.78, 5) is 0.363. The molecular formula is C14H24N2O2S. The SMILES string of the molecule is CCC(C)(C)NS(=O)(=O)c1cccc(CNC)c1C. The largest absolute Gasteiger partial charge is 0.316 e. The van der Waals surface area contributed by atoms with E-state index in [1.807, 2.05) is 40.8 Å². The second kappa shape index (κ2) is 6.03. The predicted octanol–water partition coefficient (Wildman–Crippen LogP) is 2.18. The Morgan fingerprint density at radius 3 is 2.42 bits per heavy atom. The molecule has 0 aliphatic rings. The first-order chi connectivity index (χ1) is 8.73. The molecule has 0 spiro atoms. The lowest BCUT2D eigenvalue weighted by molar-refractivity contribution is 0.439. The van der Waals surface area contributed by atoms with E-state index >= 15 is 0 Å². The van der Waals surface area contributed by atoms with Crippen molar-refractivity contribution in [1.82, 2.24) is 10.0 Å². The van der Waals surface area contributed by atoms with Crippen molar-refractivity contribution in [2.24, 2.45) is 0 Å². The van der Waals surface area contributed by atoms with Crippen molar-refractivity contribution in [3.8, 4) is 0 Å². The van der Waals surface area contributed by atoms with Crippen LogP contribution in [-0.2, 0) is 16.6 Å². The molecule has 0 heterocycles. The van der Waals surface area contributed by atoms with Crippen LogP contribution in [0.3, 0.4) is 0 Å². The van der Waals surface area contributed by atoms with Gasteiger partial charge in [0.25, 0.3) is 0 Å². The van der Waals surface area contributed by atoms with Crippen molar-refractivity contribution >= 4 is 10.0 Å². The Balaban J connectivity index is 3.19. The van der Waals surface area contributed by atoms with E-state index in [1.165, 1.54) is 0 Å². The smallest absolute Gasteiger partial charge is 0.241 e. The average Bonchev–Trinajstić information content (AvgIpc) is 2.30. The highest BCUT2D eigenvalue weighted by atomic mass is 32.2. The zero-order valence-electron chi connectivity index (χ0n) is 12.4. The quantitative estimate of drug-likeness (QED) is 0.842. The minimum Gasteiger partial charge on any atom is -0.316 e. The number of nitrogens with one attached hydrogen (secondary N) is 2. The first-order valence-electron chi connectivity index (χ1n) is 6.50. The number of benzene rings is 1. The number of sulfonamides is 1. The highest BCUT2D eigenvalue weighted by Crippen LogP contribution is 2.21. The van der Waals surface area contributed by atoms with Crippen LogP contribution in [0, 0.1) is 6.92 Å². The molecule has 0 unspecified atom stereocenters. The molecule has 1 rings (SSSR count). The lowest BCUT2D eigenvalue weighted by atomic mass is 10.0. The van der Waals surface area contributed by atoms with Gasteiger partial charge in [-0.15, -0.1) is 0 Å². The fourth-order valence-electron chi connectivity index (χ4n) is 1.82. The zero-order valence-corrected chi connectivity index (χ0v) is 13.2. The molecule has 1 aromatic rings. The molecule has 0 fully saturated rings. The third-order valence-electron chi connectivity index (χ3n) is 3.35. The fourth-order valence-corrected chi connectivity index (χ4v) is 3.60. The average molecular weight is 284 g/mol. The molecule has 4 nitrogen and oxygen atoms in total. The van der Waals surface area contributed by atoms with Crippen LogP contribution in [0.15, 0.2) is 23.1 Å². The molecule has 0 amide bonds. The Bertz CT molecular complexity index is 536. The summed E-state index contributed by atoms with van der Waals surface area (Å²) in [6.45, 7) is 8.24. The molecule has 2 N–H and O–H groups in total. The van der Waals surface area contributed by atoms with Crippen molar-refractivity contribution in [3.63, 3.8) is 0 Å². The van der Waals surface area contributed by atoms with Gasteiger partial charge in [0.2, 0.25) is 10.0 Å². The predicted molar refractivity (Wildman–Crippen MR) is 78.6 cm³/mol. The van der Waals surface area contributed by atoms with E-state index in [-0.39, 0.29) is 0 Å². The van der Waals surface area contributed by atoms with Crippen LogP contribution in [0.4, 0.5) is 0 Å². The number of hydrogen-bond acceptors (Lipinski definition) is 3. The second-order valence-electron chi connectivity index (χ2n) is 5.41. The van der Waals surface area contributed by atoms with Crippen LogP contribution in [0.5, 0.6) is 0 Å². The maximum absolute atomic E-state index is 12.5. The van der Waals surface area contributed by atoms with E-state index in [1.54, 1.807) is 12.1 Å². The molecule has 0 saturated heterocycles. The molecule has 0 radical (unpaired) electrons. The van der Waals surface area contributed by atoms with Crippen LogP contribution >= 0.6 is 0 Å². The lowest BCUT2D eigenvalue weighted by Crippen LogP contribution is -2.42. The van der Waals surface area contributed by atoms with Crippen LogP contribution < -0.4 is 10.0 Å². The van der Waals surface area contributed by atoms with E-state index < -0.39 is 15.6 Å². The van der Waals surface area contributed by atoms with Crippen LogP contribution in [-0.4, -0.2) is 21.0 Å². The highest BCUT2D eigenvalue weighted by Gasteiger charge is 2.26. The van der Waals surface area contributed by atoms with Crippen molar-refractivity contribution in [1.29, 1.82) is 0 Å². The highest BCUT2D eigenvalue weighted by molar-refractivity contribution is 7.89. The molecule has 0 bridgehead atoms. The molecule has 0 aliphatic heterocycles. The molecule has 0 saturated carbocycles. The Hall–Kier alpha value is -0.910. The van der Waals surface area contributed by atoms with Crippen LogP contribution in [0.2, 0.25) is 0 Å². The molecule has 108 valence electrons. The summed E-state index contributed by atoms with van der Waals surface area (Å²) >= 11 is 0. The summed E-state index contributed by atoms with van der Waals surface area (Å²) in [6.07, 6.45) is 0.738. The van der Waals surface area contributed by atoms with Gasteiger partial charge >= 0.3 is 0 Å². The van der Waals surface area contributed by atoms with Gasteiger partial charge in [-0.25, -0.2) is 13.1 Å². The Morgan fingerprint density at radius 2 is 1.89 bits per heavy atom. The van der Waals surface area contributed by atoms with Gasteiger partial charge in [0.05, 0.1) is 4.90 Å². The summed E-state index contributed by atoms with van der Waals surface area (Å²) in [6, 6.07) is 5.38. The van der Waals surface area contributed by atoms with Crippen molar-refractivity contribution in [2.75, 3.05) is 7.05 Å². The third kappa shape index (κ3) is 4.03. The van der Waals surface area contributed by atoms with Gasteiger partial charge in [-0.3, -0.25) is 0 Å². The van der Waals surface area contributed by atoms with E-state index in [4.69, 9.17) is 0 Å². The maximum Gasteiger partial charge on any atom is 0.241 e. The van der Waals surface area contributed by atoms with Crippen LogP contribution in [0.25, 0.3) is 0 Å². The standard InChI is InChI=1S/C14H24N2O2S/c1-6-14(3,4)16-19(17,18)13-9-7-8-12(10-15-5)11(13)2/h7-9,15-16H,6,10H2,1-5H3. The van der Waals surface area contributed by atoms with Gasteiger partial charge in [-0.1, -0.05) is 19.1 Å². The fraction of sp³-hybridized carbons (Fsp3) is 0.571. The third-order valence-corrected chi connectivity index (χ3v) is 5.19. The summed E-state index contributed by atoms with van der Waals surface area (Å²) in [5, 5.41) is 3.05. The molecule has 0 aromatic heterocycles. The van der Waals surface area contributed by atoms with Crippen molar-refractivity contribution in [3.05, 3.63) is 29.3 Å². The molecule has 0 aliphatic carbocycles. The number of hydrogen-bond donors (Lipinski definition) is 2. The van der Waals surface area contributed by atoms with Gasteiger partial charge in [-0.05, 0) is 51.4 Å². The molecular weight excluding hydrogens is 260 g/mol. The number of rotatable bonds is 6. The van der Waals surface area contributed by atoms with Gasteiger partial charge in [0, 0.05) is 12.1 Å². The molecule has 1 aromatic carbocycles. The molecule has 5 heteroatoms. The zero-order chi connectivity index (χ0) is 14.7. The van der Waals surface area contributed by atoms with Gasteiger partial charge < -0.3 is 5.32 Å². The van der Waals surface area contributed by atoms with E-state index in [0.717, 1.165) is 17.5 Å². The topological polar surface area (TPSA) is 58.2 Å². The van der Waals surface area contributed by atoms with E-state index in [9.17, 15) is 8.42 Å². The normalized spacial score (nSPS) is 12.7. The van der Waals surface area contributed by atoms with Gasteiger partial charge in [-0.2, -0.15) is 0 Å². The minimum absolute atomic E-state index is 0.363. The maximum atomic E-state index is 12.5. The summed E-state index contributed by atoms with van der Waals surface area (Å²) in [5.41, 5.74) is 1.36. The van der Waals surface area contributed by atoms with Gasteiger partial charge in [0.15, 0.2) is 0 Å². The summed E-state index contributed by atoms with van der Waals surface area (Å²) < 4.78 is 27.7. The summed E-state index contributed by atoms with van der Waals surface area (Å²) in [5.74, 6) is 0. The minimum atomic E-state index is -3.48. The van der Waals surface area contributed by atoms with Crippen molar-refractivity contribution < 1.29 is 8.42 Å². The van der Waals surface area contributed by atoms with Gasteiger partial charge in [0.1, 0.15) is 0 Å². The van der Waals surface area contributed by atoms with Crippen LogP contribution in [0.1, 0.15) is 38.3 Å². The lowest BCUT2D eigenvalue weighted by Gasteiger charge is -2.25. The molecule has 0 atom stereocenters. The first-order valence-corrected chi connectivity index (χ1v) is 7.99. The van der Waals surface area contributed by atoms with E-state index in [2.05, 4.69) is 10.0 Å². The van der Waals surface area contributed by atoms with E-state index in [0.29, 0.717) is 11.4 Å². The first kappa shape index (κ1) is 16.1. The summed E-state index contributed by atoms with van der Waals surface area (Å²) in [7, 11) is -1.63. The Morgan fingerprint density at radius 1 is 1.26 bits per heavy atom. The Kier molecular flexibility index (Phi) is 5.12. The van der Waals surface area contributed by atoms with Crippen molar-refractivity contribution in [2.45, 2.75) is 51.1 Å². The molecule has 19 heavy (non-hydrogen) atoms. The Labute approximate surface area is 116 Å². The second-order valence-corrected chi connectivity index (χ2v) is 7.06. The monoisotopic (exact) mass is 284 g/mol.